The summed E-state index contributed by atoms with van der Waals surface area (Å²) in [5.41, 5.74) is 0.634. The van der Waals surface area contributed by atoms with Gasteiger partial charge in [-0.3, -0.25) is 9.59 Å². The summed E-state index contributed by atoms with van der Waals surface area (Å²) in [6.07, 6.45) is 0. The van der Waals surface area contributed by atoms with Crippen LogP contribution in [-0.4, -0.2) is 50.6 Å². The highest BCUT2D eigenvalue weighted by Crippen LogP contribution is 2.25. The summed E-state index contributed by atoms with van der Waals surface area (Å²) < 4.78 is 15.8. The number of anilines is 1. The smallest absolute Gasteiger partial charge is 0.260 e. The first-order valence-corrected chi connectivity index (χ1v) is 8.54. The van der Waals surface area contributed by atoms with E-state index in [0.717, 1.165) is 0 Å². The highest BCUT2D eigenvalue weighted by atomic mass is 16.5. The molecule has 0 unspecified atom stereocenters. The van der Waals surface area contributed by atoms with Crippen molar-refractivity contribution in [1.82, 2.24) is 4.90 Å². The lowest BCUT2D eigenvalue weighted by molar-refractivity contribution is -0.136. The van der Waals surface area contributed by atoms with Crippen molar-refractivity contribution in [1.29, 1.82) is 0 Å². The number of carbonyl (C=O) groups is 2. The van der Waals surface area contributed by atoms with Crippen LogP contribution in [0.15, 0.2) is 48.5 Å². The van der Waals surface area contributed by atoms with Crippen LogP contribution in [0.4, 0.5) is 5.69 Å². The van der Waals surface area contributed by atoms with Crippen LogP contribution in [0.3, 0.4) is 0 Å². The third-order valence-electron chi connectivity index (χ3n) is 3.86. The Hall–Kier alpha value is -3.22. The molecule has 0 aliphatic rings. The van der Waals surface area contributed by atoms with Gasteiger partial charge in [0.2, 0.25) is 5.91 Å². The van der Waals surface area contributed by atoms with E-state index in [0.29, 0.717) is 29.5 Å². The Bertz CT molecular complexity index is 761. The Labute approximate surface area is 158 Å². The first kappa shape index (κ1) is 20.1. The molecular formula is C20H24N2O5. The number of hydrogen-bond donors (Lipinski definition) is 1. The Balaban J connectivity index is 1.88. The maximum absolute atomic E-state index is 12.4. The fourth-order valence-electron chi connectivity index (χ4n) is 2.39. The van der Waals surface area contributed by atoms with E-state index in [1.54, 1.807) is 49.6 Å². The molecule has 0 aliphatic heterocycles. The van der Waals surface area contributed by atoms with Gasteiger partial charge in [-0.2, -0.15) is 0 Å². The summed E-state index contributed by atoms with van der Waals surface area (Å²) in [7, 11) is 3.11. The van der Waals surface area contributed by atoms with Gasteiger partial charge in [-0.05, 0) is 43.3 Å². The van der Waals surface area contributed by atoms with Crippen LogP contribution in [0, 0.1) is 0 Å². The van der Waals surface area contributed by atoms with Crippen LogP contribution in [-0.2, 0) is 9.59 Å². The van der Waals surface area contributed by atoms with Crippen molar-refractivity contribution in [2.24, 2.45) is 0 Å². The number of nitrogens with one attached hydrogen (secondary N) is 1. The van der Waals surface area contributed by atoms with Gasteiger partial charge in [0.25, 0.3) is 5.91 Å². The molecule has 144 valence electrons. The van der Waals surface area contributed by atoms with E-state index in [9.17, 15) is 9.59 Å². The van der Waals surface area contributed by atoms with Crippen molar-refractivity contribution in [2.75, 3.05) is 39.2 Å². The Morgan fingerprint density at radius 3 is 2.22 bits per heavy atom. The average Bonchev–Trinajstić information content (AvgIpc) is 2.70. The van der Waals surface area contributed by atoms with Crippen LogP contribution in [0.1, 0.15) is 6.92 Å². The SMILES string of the molecule is CCN(CC(=O)Nc1ccc(OC)cc1)C(=O)COc1ccccc1OC. The van der Waals surface area contributed by atoms with Crippen molar-refractivity contribution >= 4 is 17.5 Å². The molecule has 0 radical (unpaired) electrons. The number of ether oxygens (including phenoxy) is 3. The van der Waals surface area contributed by atoms with E-state index in [-0.39, 0.29) is 25.0 Å². The van der Waals surface area contributed by atoms with E-state index >= 15 is 0 Å². The fourth-order valence-corrected chi connectivity index (χ4v) is 2.39. The molecule has 2 amide bonds. The molecule has 0 bridgehead atoms. The predicted molar refractivity (Wildman–Crippen MR) is 102 cm³/mol. The maximum atomic E-state index is 12.4. The highest BCUT2D eigenvalue weighted by molar-refractivity contribution is 5.94. The number of carbonyl (C=O) groups excluding carboxylic acids is 2. The molecule has 0 atom stereocenters. The molecule has 0 saturated heterocycles. The molecule has 0 fully saturated rings. The number of likely N-dealkylation sites (N-methyl/N-ethyl adjacent to an activating group) is 1. The largest absolute Gasteiger partial charge is 0.497 e. The van der Waals surface area contributed by atoms with Crippen molar-refractivity contribution in [3.8, 4) is 17.2 Å². The molecule has 2 rings (SSSR count). The van der Waals surface area contributed by atoms with Gasteiger partial charge in [0.05, 0.1) is 20.8 Å². The van der Waals surface area contributed by atoms with Crippen LogP contribution in [0.2, 0.25) is 0 Å². The minimum atomic E-state index is -0.285. The number of benzene rings is 2. The molecular weight excluding hydrogens is 348 g/mol. The van der Waals surface area contributed by atoms with E-state index in [1.165, 1.54) is 12.0 Å². The minimum absolute atomic E-state index is 0.0589. The molecule has 0 aromatic heterocycles. The summed E-state index contributed by atoms with van der Waals surface area (Å²) >= 11 is 0. The van der Waals surface area contributed by atoms with Gasteiger partial charge >= 0.3 is 0 Å². The Morgan fingerprint density at radius 2 is 1.63 bits per heavy atom. The van der Waals surface area contributed by atoms with Gasteiger partial charge in [0.15, 0.2) is 18.1 Å². The molecule has 2 aromatic carbocycles. The zero-order valence-corrected chi connectivity index (χ0v) is 15.7. The van der Waals surface area contributed by atoms with Crippen molar-refractivity contribution in [2.45, 2.75) is 6.92 Å². The average molecular weight is 372 g/mol. The van der Waals surface area contributed by atoms with Gasteiger partial charge in [0.1, 0.15) is 5.75 Å². The molecule has 0 heterocycles. The number of amides is 2. The van der Waals surface area contributed by atoms with Gasteiger partial charge in [-0.25, -0.2) is 0 Å². The Morgan fingerprint density at radius 1 is 0.963 bits per heavy atom. The molecule has 7 heteroatoms. The highest BCUT2D eigenvalue weighted by Gasteiger charge is 2.17. The third-order valence-corrected chi connectivity index (χ3v) is 3.86. The van der Waals surface area contributed by atoms with E-state index < -0.39 is 0 Å². The van der Waals surface area contributed by atoms with E-state index in [1.807, 2.05) is 13.0 Å². The van der Waals surface area contributed by atoms with Crippen molar-refractivity contribution < 1.29 is 23.8 Å². The Kier molecular flexibility index (Phi) is 7.49. The summed E-state index contributed by atoms with van der Waals surface area (Å²) in [6.45, 7) is 1.96. The summed E-state index contributed by atoms with van der Waals surface area (Å²) in [5, 5.41) is 2.76. The van der Waals surface area contributed by atoms with Gasteiger partial charge in [0, 0.05) is 12.2 Å². The molecule has 0 spiro atoms. The van der Waals surface area contributed by atoms with E-state index in [4.69, 9.17) is 14.2 Å². The van der Waals surface area contributed by atoms with Gasteiger partial charge in [-0.1, -0.05) is 12.1 Å². The summed E-state index contributed by atoms with van der Waals surface area (Å²) in [5.74, 6) is 1.16. The zero-order chi connectivity index (χ0) is 19.6. The van der Waals surface area contributed by atoms with Crippen molar-refractivity contribution in [3.63, 3.8) is 0 Å². The molecule has 0 saturated carbocycles. The minimum Gasteiger partial charge on any atom is -0.497 e. The maximum Gasteiger partial charge on any atom is 0.260 e. The number of para-hydroxylation sites is 2. The number of hydrogen-bond acceptors (Lipinski definition) is 5. The van der Waals surface area contributed by atoms with Crippen LogP contribution in [0.5, 0.6) is 17.2 Å². The number of methoxy groups -OCH3 is 2. The quantitative estimate of drug-likeness (QED) is 0.732. The first-order chi connectivity index (χ1) is 13.1. The van der Waals surface area contributed by atoms with Crippen LogP contribution in [0.25, 0.3) is 0 Å². The normalized spacial score (nSPS) is 10.0. The monoisotopic (exact) mass is 372 g/mol. The van der Waals surface area contributed by atoms with Crippen LogP contribution < -0.4 is 19.5 Å². The lowest BCUT2D eigenvalue weighted by Gasteiger charge is -2.21. The summed E-state index contributed by atoms with van der Waals surface area (Å²) in [6, 6.07) is 14.0. The summed E-state index contributed by atoms with van der Waals surface area (Å²) in [4.78, 5) is 26.0. The standard InChI is InChI=1S/C20H24N2O5/c1-4-22(13-19(23)21-15-9-11-16(25-2)12-10-15)20(24)14-27-18-8-6-5-7-17(18)26-3/h5-12H,4,13-14H2,1-3H3,(H,21,23). The first-order valence-electron chi connectivity index (χ1n) is 8.54. The zero-order valence-electron chi connectivity index (χ0n) is 15.7. The molecule has 7 nitrogen and oxygen atoms in total. The van der Waals surface area contributed by atoms with E-state index in [2.05, 4.69) is 5.32 Å². The molecule has 1 N–H and O–H groups in total. The number of nitrogens with zero attached hydrogens (tertiary/aromatic N) is 1. The lowest BCUT2D eigenvalue weighted by atomic mass is 10.3. The predicted octanol–water partition coefficient (Wildman–Crippen LogP) is 2.57. The van der Waals surface area contributed by atoms with Gasteiger partial charge in [-0.15, -0.1) is 0 Å². The topological polar surface area (TPSA) is 77.1 Å². The second kappa shape index (κ2) is 10.1. The number of rotatable bonds is 9. The third kappa shape index (κ3) is 5.91. The second-order valence-electron chi connectivity index (χ2n) is 5.62. The second-order valence-corrected chi connectivity index (χ2v) is 5.62. The lowest BCUT2D eigenvalue weighted by Crippen LogP contribution is -2.40. The van der Waals surface area contributed by atoms with Gasteiger partial charge < -0.3 is 24.4 Å². The molecule has 27 heavy (non-hydrogen) atoms. The van der Waals surface area contributed by atoms with Crippen molar-refractivity contribution in [3.05, 3.63) is 48.5 Å². The fraction of sp³-hybridized carbons (Fsp3) is 0.300. The molecule has 2 aromatic rings. The van der Waals surface area contributed by atoms with Crippen LogP contribution >= 0.6 is 0 Å². The molecule has 0 aliphatic carbocycles.